The first kappa shape index (κ1) is 12.8. The number of nitrogens with zero attached hydrogens (tertiary/aromatic N) is 1. The second-order valence-corrected chi connectivity index (χ2v) is 4.01. The number of carboxylic acid groups (broad SMARTS) is 1. The zero-order valence-corrected chi connectivity index (χ0v) is 10.1. The molecule has 1 heterocycles. The minimum atomic E-state index is -1.13. The van der Waals surface area contributed by atoms with Gasteiger partial charge in [-0.3, -0.25) is 4.98 Å². The van der Waals surface area contributed by atoms with Crippen molar-refractivity contribution >= 4 is 5.97 Å². The number of aromatic carboxylic acids is 1. The SMILES string of the molecule is C#Cc1ccc(F)cc1-c1cc(C)ncc1C(=O)O. The number of carboxylic acids is 1. The van der Waals surface area contributed by atoms with Crippen molar-refractivity contribution in [3.63, 3.8) is 0 Å². The highest BCUT2D eigenvalue weighted by Crippen LogP contribution is 2.28. The van der Waals surface area contributed by atoms with Crippen molar-refractivity contribution in [2.24, 2.45) is 0 Å². The molecule has 1 aromatic heterocycles. The summed E-state index contributed by atoms with van der Waals surface area (Å²) in [5.41, 5.74) is 1.81. The number of carbonyl (C=O) groups is 1. The third-order valence-corrected chi connectivity index (χ3v) is 2.70. The number of hydrogen-bond acceptors (Lipinski definition) is 2. The quantitative estimate of drug-likeness (QED) is 0.839. The third kappa shape index (κ3) is 2.45. The van der Waals surface area contributed by atoms with Gasteiger partial charge in [-0.05, 0) is 31.2 Å². The molecule has 0 saturated carbocycles. The van der Waals surface area contributed by atoms with Gasteiger partial charge in [-0.25, -0.2) is 9.18 Å². The van der Waals surface area contributed by atoms with Crippen LogP contribution in [-0.2, 0) is 0 Å². The van der Waals surface area contributed by atoms with E-state index in [-0.39, 0.29) is 5.56 Å². The molecule has 0 radical (unpaired) electrons. The van der Waals surface area contributed by atoms with Crippen LogP contribution in [0.1, 0.15) is 21.6 Å². The van der Waals surface area contributed by atoms with Crippen molar-refractivity contribution in [1.29, 1.82) is 0 Å². The minimum absolute atomic E-state index is 0.00676. The Hall–Kier alpha value is -2.67. The fraction of sp³-hybridized carbons (Fsp3) is 0.0667. The van der Waals surface area contributed by atoms with Gasteiger partial charge in [-0.15, -0.1) is 6.42 Å². The number of hydrogen-bond donors (Lipinski definition) is 1. The molecule has 1 aromatic carbocycles. The Labute approximate surface area is 109 Å². The molecular weight excluding hydrogens is 245 g/mol. The van der Waals surface area contributed by atoms with E-state index in [2.05, 4.69) is 10.9 Å². The van der Waals surface area contributed by atoms with E-state index in [9.17, 15) is 9.18 Å². The summed E-state index contributed by atoms with van der Waals surface area (Å²) in [6.45, 7) is 1.73. The Morgan fingerprint density at radius 3 is 2.74 bits per heavy atom. The number of terminal acetylenes is 1. The number of aryl methyl sites for hydroxylation is 1. The van der Waals surface area contributed by atoms with Crippen LogP contribution in [0.3, 0.4) is 0 Å². The first-order chi connectivity index (χ1) is 9.02. The van der Waals surface area contributed by atoms with E-state index in [1.807, 2.05) is 0 Å². The maximum Gasteiger partial charge on any atom is 0.337 e. The van der Waals surface area contributed by atoms with Crippen molar-refractivity contribution in [3.05, 3.63) is 53.1 Å². The maximum absolute atomic E-state index is 13.4. The molecule has 0 bridgehead atoms. The van der Waals surface area contributed by atoms with Crippen LogP contribution in [0.4, 0.5) is 4.39 Å². The van der Waals surface area contributed by atoms with E-state index < -0.39 is 11.8 Å². The standard InChI is InChI=1S/C15H10FNO2/c1-3-10-4-5-11(16)7-12(10)13-6-9(2)17-8-14(13)15(18)19/h1,4-8H,2H3,(H,18,19). The minimum Gasteiger partial charge on any atom is -0.478 e. The summed E-state index contributed by atoms with van der Waals surface area (Å²) in [5, 5.41) is 9.17. The molecule has 0 aliphatic heterocycles. The van der Waals surface area contributed by atoms with Crippen LogP contribution in [-0.4, -0.2) is 16.1 Å². The summed E-state index contributed by atoms with van der Waals surface area (Å²) in [6.07, 6.45) is 6.61. The van der Waals surface area contributed by atoms with Crippen LogP contribution in [0.25, 0.3) is 11.1 Å². The molecule has 4 heteroatoms. The van der Waals surface area contributed by atoms with Gasteiger partial charge in [-0.2, -0.15) is 0 Å². The first-order valence-corrected chi connectivity index (χ1v) is 5.49. The molecule has 0 spiro atoms. The van der Waals surface area contributed by atoms with Crippen molar-refractivity contribution in [2.45, 2.75) is 6.92 Å². The maximum atomic E-state index is 13.4. The number of benzene rings is 1. The Balaban J connectivity index is 2.78. The Morgan fingerprint density at radius 2 is 2.11 bits per heavy atom. The van der Waals surface area contributed by atoms with E-state index in [4.69, 9.17) is 11.5 Å². The highest BCUT2D eigenvalue weighted by molar-refractivity contribution is 5.96. The van der Waals surface area contributed by atoms with E-state index in [1.54, 1.807) is 13.0 Å². The Bertz CT molecular complexity index is 702. The van der Waals surface area contributed by atoms with Crippen LogP contribution < -0.4 is 0 Å². The van der Waals surface area contributed by atoms with Gasteiger partial charge in [0.05, 0.1) is 5.56 Å². The van der Waals surface area contributed by atoms with Crippen LogP contribution in [0.2, 0.25) is 0 Å². The van der Waals surface area contributed by atoms with Gasteiger partial charge in [0.2, 0.25) is 0 Å². The number of rotatable bonds is 2. The van der Waals surface area contributed by atoms with Gasteiger partial charge < -0.3 is 5.11 Å². The van der Waals surface area contributed by atoms with Crippen LogP contribution in [0.15, 0.2) is 30.5 Å². The summed E-state index contributed by atoms with van der Waals surface area (Å²) >= 11 is 0. The monoisotopic (exact) mass is 255 g/mol. The highest BCUT2D eigenvalue weighted by Gasteiger charge is 2.15. The molecular formula is C15H10FNO2. The number of halogens is 1. The molecule has 94 valence electrons. The predicted molar refractivity (Wildman–Crippen MR) is 69.3 cm³/mol. The lowest BCUT2D eigenvalue weighted by molar-refractivity contribution is 0.0697. The molecule has 0 aliphatic carbocycles. The van der Waals surface area contributed by atoms with Crippen LogP contribution in [0, 0.1) is 25.1 Å². The van der Waals surface area contributed by atoms with Crippen LogP contribution in [0.5, 0.6) is 0 Å². The van der Waals surface area contributed by atoms with Crippen molar-refractivity contribution in [3.8, 4) is 23.5 Å². The molecule has 19 heavy (non-hydrogen) atoms. The van der Waals surface area contributed by atoms with Crippen molar-refractivity contribution < 1.29 is 14.3 Å². The van der Waals surface area contributed by atoms with E-state index in [0.29, 0.717) is 22.4 Å². The van der Waals surface area contributed by atoms with E-state index >= 15 is 0 Å². The van der Waals surface area contributed by atoms with Gasteiger partial charge in [0.1, 0.15) is 5.82 Å². The fourth-order valence-electron chi connectivity index (χ4n) is 1.82. The highest BCUT2D eigenvalue weighted by atomic mass is 19.1. The van der Waals surface area contributed by atoms with Crippen LogP contribution >= 0.6 is 0 Å². The zero-order chi connectivity index (χ0) is 14.0. The molecule has 0 amide bonds. The lowest BCUT2D eigenvalue weighted by atomic mass is 9.96. The average Bonchev–Trinajstić information content (AvgIpc) is 2.38. The van der Waals surface area contributed by atoms with Gasteiger partial charge in [0.15, 0.2) is 0 Å². The van der Waals surface area contributed by atoms with E-state index in [0.717, 1.165) is 0 Å². The molecule has 0 atom stereocenters. The lowest BCUT2D eigenvalue weighted by Crippen LogP contribution is -2.02. The van der Waals surface area contributed by atoms with E-state index in [1.165, 1.54) is 24.4 Å². The molecule has 2 rings (SSSR count). The second-order valence-electron chi connectivity index (χ2n) is 4.01. The Morgan fingerprint density at radius 1 is 1.37 bits per heavy atom. The van der Waals surface area contributed by atoms with Crippen molar-refractivity contribution in [2.75, 3.05) is 0 Å². The Kier molecular flexibility index (Phi) is 3.30. The fourth-order valence-corrected chi connectivity index (χ4v) is 1.82. The molecule has 1 N–H and O–H groups in total. The second kappa shape index (κ2) is 4.91. The largest absolute Gasteiger partial charge is 0.478 e. The predicted octanol–water partition coefficient (Wildman–Crippen LogP) is 2.88. The van der Waals surface area contributed by atoms with Gasteiger partial charge in [-0.1, -0.05) is 5.92 Å². The van der Waals surface area contributed by atoms with Gasteiger partial charge in [0.25, 0.3) is 0 Å². The normalized spacial score (nSPS) is 9.95. The van der Waals surface area contributed by atoms with Gasteiger partial charge in [0, 0.05) is 28.6 Å². The van der Waals surface area contributed by atoms with Gasteiger partial charge >= 0.3 is 5.97 Å². The number of aromatic nitrogens is 1. The first-order valence-electron chi connectivity index (χ1n) is 5.49. The third-order valence-electron chi connectivity index (χ3n) is 2.70. The summed E-state index contributed by atoms with van der Waals surface area (Å²) in [4.78, 5) is 15.1. The molecule has 0 aliphatic rings. The molecule has 3 nitrogen and oxygen atoms in total. The average molecular weight is 255 g/mol. The summed E-state index contributed by atoms with van der Waals surface area (Å²) in [6, 6.07) is 5.51. The molecule has 0 unspecified atom stereocenters. The molecule has 0 fully saturated rings. The summed E-state index contributed by atoms with van der Waals surface area (Å²) < 4.78 is 13.4. The molecule has 0 saturated heterocycles. The topological polar surface area (TPSA) is 50.2 Å². The summed E-state index contributed by atoms with van der Waals surface area (Å²) in [5.74, 6) is 0.825. The smallest absolute Gasteiger partial charge is 0.337 e. The zero-order valence-electron chi connectivity index (χ0n) is 10.1. The lowest BCUT2D eigenvalue weighted by Gasteiger charge is -2.09. The molecule has 2 aromatic rings. The van der Waals surface area contributed by atoms with Crippen molar-refractivity contribution in [1.82, 2.24) is 4.98 Å². The number of pyridine rings is 1. The summed E-state index contributed by atoms with van der Waals surface area (Å²) in [7, 11) is 0.